The number of amides is 1. The first kappa shape index (κ1) is 20.2. The summed E-state index contributed by atoms with van der Waals surface area (Å²) >= 11 is 1.42. The number of carbonyl (C=O) groups is 1. The highest BCUT2D eigenvalue weighted by Gasteiger charge is 2.07. The molecule has 140 valence electrons. The zero-order chi connectivity index (χ0) is 19.0. The van der Waals surface area contributed by atoms with Gasteiger partial charge in [0.2, 0.25) is 10.0 Å². The molecule has 2 aromatic rings. The molecule has 0 radical (unpaired) electrons. The number of aromatic nitrogens is 1. The minimum atomic E-state index is -3.29. The van der Waals surface area contributed by atoms with Gasteiger partial charge in [-0.05, 0) is 42.8 Å². The van der Waals surface area contributed by atoms with Crippen LogP contribution in [0.5, 0.6) is 0 Å². The summed E-state index contributed by atoms with van der Waals surface area (Å²) in [6.07, 6.45) is 3.40. The Morgan fingerprint density at radius 2 is 1.92 bits per heavy atom. The van der Waals surface area contributed by atoms with Crippen molar-refractivity contribution >= 4 is 33.4 Å². The van der Waals surface area contributed by atoms with Crippen LogP contribution in [0.1, 0.15) is 16.8 Å². The average molecular weight is 396 g/mol. The van der Waals surface area contributed by atoms with Gasteiger partial charge in [0, 0.05) is 37.0 Å². The molecule has 2 rings (SSSR count). The molecule has 7 nitrogen and oxygen atoms in total. The lowest BCUT2D eigenvalue weighted by atomic mass is 10.2. The highest BCUT2D eigenvalue weighted by Crippen LogP contribution is 2.27. The fourth-order valence-corrected chi connectivity index (χ4v) is 3.34. The molecule has 9 heteroatoms. The SMILES string of the molecule is COCCCNC(=O)c1ccc(Sc2ccc(NS(C)(=O)=O)cc2)nc1. The van der Waals surface area contributed by atoms with E-state index in [1.807, 2.05) is 0 Å². The molecule has 0 bridgehead atoms. The van der Waals surface area contributed by atoms with Crippen molar-refractivity contribution in [2.45, 2.75) is 16.3 Å². The molecular weight excluding hydrogens is 374 g/mol. The van der Waals surface area contributed by atoms with E-state index in [0.29, 0.717) is 24.4 Å². The van der Waals surface area contributed by atoms with Crippen LogP contribution < -0.4 is 10.0 Å². The topological polar surface area (TPSA) is 97.4 Å². The number of anilines is 1. The van der Waals surface area contributed by atoms with Crippen LogP contribution >= 0.6 is 11.8 Å². The predicted octanol–water partition coefficient (Wildman–Crippen LogP) is 2.37. The van der Waals surface area contributed by atoms with Crippen LogP contribution in [0, 0.1) is 0 Å². The third kappa shape index (κ3) is 7.03. The van der Waals surface area contributed by atoms with E-state index in [2.05, 4.69) is 15.0 Å². The summed E-state index contributed by atoms with van der Waals surface area (Å²) in [4.78, 5) is 17.2. The second-order valence-electron chi connectivity index (χ2n) is 5.49. The van der Waals surface area contributed by atoms with Gasteiger partial charge in [-0.25, -0.2) is 13.4 Å². The van der Waals surface area contributed by atoms with Gasteiger partial charge in [0.05, 0.1) is 11.8 Å². The van der Waals surface area contributed by atoms with Crippen molar-refractivity contribution in [2.75, 3.05) is 31.2 Å². The van der Waals surface area contributed by atoms with E-state index < -0.39 is 10.0 Å². The Morgan fingerprint density at radius 1 is 1.19 bits per heavy atom. The van der Waals surface area contributed by atoms with Crippen molar-refractivity contribution < 1.29 is 17.9 Å². The van der Waals surface area contributed by atoms with Gasteiger partial charge in [-0.2, -0.15) is 0 Å². The Bertz CT molecular complexity index is 822. The fraction of sp³-hybridized carbons (Fsp3) is 0.294. The smallest absolute Gasteiger partial charge is 0.252 e. The predicted molar refractivity (Wildman–Crippen MR) is 102 cm³/mol. The van der Waals surface area contributed by atoms with Crippen LogP contribution in [0.2, 0.25) is 0 Å². The second kappa shape index (κ2) is 9.56. The third-order valence-electron chi connectivity index (χ3n) is 3.19. The van der Waals surface area contributed by atoms with E-state index in [1.165, 1.54) is 18.0 Å². The van der Waals surface area contributed by atoms with Crippen LogP contribution in [0.3, 0.4) is 0 Å². The lowest BCUT2D eigenvalue weighted by Crippen LogP contribution is -2.25. The Labute approximate surface area is 157 Å². The maximum Gasteiger partial charge on any atom is 0.252 e. The van der Waals surface area contributed by atoms with E-state index in [0.717, 1.165) is 22.6 Å². The summed E-state index contributed by atoms with van der Waals surface area (Å²) in [5.74, 6) is -0.165. The van der Waals surface area contributed by atoms with E-state index in [-0.39, 0.29) is 5.91 Å². The minimum absolute atomic E-state index is 0.165. The molecule has 0 fully saturated rings. The molecule has 0 aliphatic heterocycles. The second-order valence-corrected chi connectivity index (χ2v) is 8.33. The van der Waals surface area contributed by atoms with Gasteiger partial charge in [0.25, 0.3) is 5.91 Å². The number of carbonyl (C=O) groups excluding carboxylic acids is 1. The zero-order valence-corrected chi connectivity index (χ0v) is 16.2. The summed E-state index contributed by atoms with van der Waals surface area (Å²) in [6, 6.07) is 10.5. The van der Waals surface area contributed by atoms with E-state index in [4.69, 9.17) is 4.74 Å². The number of nitrogens with one attached hydrogen (secondary N) is 2. The summed E-state index contributed by atoms with van der Waals surface area (Å²) in [5, 5.41) is 3.55. The number of ether oxygens (including phenoxy) is 1. The van der Waals surface area contributed by atoms with Gasteiger partial charge >= 0.3 is 0 Å². The number of sulfonamides is 1. The summed E-state index contributed by atoms with van der Waals surface area (Å²) < 4.78 is 29.7. The number of methoxy groups -OCH3 is 1. The molecule has 1 amide bonds. The number of rotatable bonds is 9. The van der Waals surface area contributed by atoms with Crippen molar-refractivity contribution in [3.05, 3.63) is 48.2 Å². The highest BCUT2D eigenvalue weighted by molar-refractivity contribution is 7.99. The Morgan fingerprint density at radius 3 is 2.50 bits per heavy atom. The van der Waals surface area contributed by atoms with Crippen molar-refractivity contribution in [2.24, 2.45) is 0 Å². The Balaban J connectivity index is 1.91. The van der Waals surface area contributed by atoms with Gasteiger partial charge in [0.1, 0.15) is 5.03 Å². The molecule has 0 aliphatic rings. The lowest BCUT2D eigenvalue weighted by molar-refractivity contribution is 0.0948. The monoisotopic (exact) mass is 395 g/mol. The number of hydrogen-bond donors (Lipinski definition) is 2. The van der Waals surface area contributed by atoms with Crippen LogP contribution in [0.4, 0.5) is 5.69 Å². The average Bonchev–Trinajstić information content (AvgIpc) is 2.60. The van der Waals surface area contributed by atoms with Crippen molar-refractivity contribution in [1.82, 2.24) is 10.3 Å². The Hall–Kier alpha value is -2.10. The van der Waals surface area contributed by atoms with Crippen LogP contribution in [-0.2, 0) is 14.8 Å². The first-order valence-electron chi connectivity index (χ1n) is 7.86. The van der Waals surface area contributed by atoms with E-state index in [9.17, 15) is 13.2 Å². The molecule has 26 heavy (non-hydrogen) atoms. The van der Waals surface area contributed by atoms with Gasteiger partial charge in [-0.3, -0.25) is 9.52 Å². The fourth-order valence-electron chi connectivity index (χ4n) is 2.02. The molecular formula is C17H21N3O4S2. The normalized spacial score (nSPS) is 11.2. The Kier molecular flexibility index (Phi) is 7.43. The molecule has 2 N–H and O–H groups in total. The molecule has 0 saturated heterocycles. The number of benzene rings is 1. The minimum Gasteiger partial charge on any atom is -0.385 e. The largest absolute Gasteiger partial charge is 0.385 e. The highest BCUT2D eigenvalue weighted by atomic mass is 32.2. The number of nitrogens with zero attached hydrogens (tertiary/aromatic N) is 1. The van der Waals surface area contributed by atoms with Gasteiger partial charge in [0.15, 0.2) is 0 Å². The van der Waals surface area contributed by atoms with Gasteiger partial charge < -0.3 is 10.1 Å². The molecule has 1 heterocycles. The van der Waals surface area contributed by atoms with E-state index in [1.54, 1.807) is 43.5 Å². The summed E-state index contributed by atoms with van der Waals surface area (Å²) in [6.45, 7) is 1.16. The van der Waals surface area contributed by atoms with Crippen molar-refractivity contribution in [3.63, 3.8) is 0 Å². The maximum atomic E-state index is 12.0. The first-order chi connectivity index (χ1) is 12.4. The molecule has 0 atom stereocenters. The maximum absolute atomic E-state index is 12.0. The van der Waals surface area contributed by atoms with Crippen molar-refractivity contribution in [1.29, 1.82) is 0 Å². The molecule has 1 aromatic heterocycles. The quantitative estimate of drug-likeness (QED) is 0.633. The number of hydrogen-bond acceptors (Lipinski definition) is 6. The van der Waals surface area contributed by atoms with Gasteiger partial charge in [-0.15, -0.1) is 0 Å². The van der Waals surface area contributed by atoms with Gasteiger partial charge in [-0.1, -0.05) is 11.8 Å². The standard InChI is InChI=1S/C17H21N3O4S2/c1-24-11-3-10-18-17(21)13-4-9-16(19-12-13)25-15-7-5-14(6-8-15)20-26(2,22)23/h4-9,12,20H,3,10-11H2,1-2H3,(H,18,21). The van der Waals surface area contributed by atoms with Crippen LogP contribution in [0.15, 0.2) is 52.5 Å². The molecule has 0 aliphatic carbocycles. The number of pyridine rings is 1. The molecule has 0 spiro atoms. The summed E-state index contributed by atoms with van der Waals surface area (Å²) in [7, 11) is -1.66. The molecule has 0 saturated carbocycles. The zero-order valence-electron chi connectivity index (χ0n) is 14.6. The molecule has 1 aromatic carbocycles. The molecule has 0 unspecified atom stereocenters. The summed E-state index contributed by atoms with van der Waals surface area (Å²) in [5.41, 5.74) is 1.00. The van der Waals surface area contributed by atoms with Crippen molar-refractivity contribution in [3.8, 4) is 0 Å². The van der Waals surface area contributed by atoms with E-state index >= 15 is 0 Å². The van der Waals surface area contributed by atoms with Crippen LogP contribution in [0.25, 0.3) is 0 Å². The lowest BCUT2D eigenvalue weighted by Gasteiger charge is -2.07. The van der Waals surface area contributed by atoms with Crippen LogP contribution in [-0.4, -0.2) is 45.8 Å². The first-order valence-corrected chi connectivity index (χ1v) is 10.6. The third-order valence-corrected chi connectivity index (χ3v) is 4.75.